The fraction of sp³-hybridized carbons (Fsp3) is 0.667. The van der Waals surface area contributed by atoms with Crippen LogP contribution in [0.2, 0.25) is 0 Å². The number of ether oxygens (including phenoxy) is 1. The van der Waals surface area contributed by atoms with Crippen LogP contribution in [0.4, 0.5) is 0 Å². The molecule has 1 rings (SSSR count). The second-order valence-electron chi connectivity index (χ2n) is 6.66. The molecule has 0 bridgehead atoms. The van der Waals surface area contributed by atoms with Crippen molar-refractivity contribution in [3.63, 3.8) is 0 Å². The van der Waals surface area contributed by atoms with Crippen molar-refractivity contribution in [1.82, 2.24) is 0 Å². The van der Waals surface area contributed by atoms with Crippen molar-refractivity contribution in [1.29, 1.82) is 0 Å². The molecule has 0 saturated heterocycles. The van der Waals surface area contributed by atoms with Gasteiger partial charge in [0.05, 0.1) is 6.61 Å². The van der Waals surface area contributed by atoms with E-state index >= 15 is 0 Å². The maximum Gasteiger partial charge on any atom is 0.125 e. The minimum atomic E-state index is 0.267. The summed E-state index contributed by atoms with van der Waals surface area (Å²) in [4.78, 5) is 0. The molecule has 114 valence electrons. The maximum absolute atomic E-state index is 6.08. The van der Waals surface area contributed by atoms with E-state index in [9.17, 15) is 0 Å². The highest BCUT2D eigenvalue weighted by atomic mass is 16.5. The molecule has 0 saturated carbocycles. The van der Waals surface area contributed by atoms with E-state index in [1.807, 2.05) is 0 Å². The molecule has 2 atom stereocenters. The summed E-state index contributed by atoms with van der Waals surface area (Å²) in [6.45, 7) is 13.8. The fourth-order valence-electron chi connectivity index (χ4n) is 2.47. The van der Waals surface area contributed by atoms with Crippen molar-refractivity contribution in [3.8, 4) is 5.75 Å². The van der Waals surface area contributed by atoms with Crippen LogP contribution in [0.5, 0.6) is 5.75 Å². The van der Waals surface area contributed by atoms with Crippen LogP contribution in [0.15, 0.2) is 12.1 Å². The third-order valence-electron chi connectivity index (χ3n) is 3.59. The molecule has 0 spiro atoms. The van der Waals surface area contributed by atoms with E-state index in [4.69, 9.17) is 10.5 Å². The first-order chi connectivity index (χ1) is 9.31. The van der Waals surface area contributed by atoms with Crippen molar-refractivity contribution in [2.24, 2.45) is 11.7 Å². The van der Waals surface area contributed by atoms with Crippen molar-refractivity contribution < 1.29 is 4.74 Å². The van der Waals surface area contributed by atoms with Gasteiger partial charge in [0.2, 0.25) is 0 Å². The number of benzene rings is 1. The first-order valence-corrected chi connectivity index (χ1v) is 7.80. The van der Waals surface area contributed by atoms with Gasteiger partial charge in [-0.1, -0.05) is 38.5 Å². The highest BCUT2D eigenvalue weighted by Crippen LogP contribution is 2.34. The summed E-state index contributed by atoms with van der Waals surface area (Å²) >= 11 is 0. The summed E-state index contributed by atoms with van der Waals surface area (Å²) < 4.78 is 6.08. The summed E-state index contributed by atoms with van der Waals surface area (Å²) in [7, 11) is 0. The number of hydrogen-bond acceptors (Lipinski definition) is 2. The average Bonchev–Trinajstić information content (AvgIpc) is 2.33. The van der Waals surface area contributed by atoms with Gasteiger partial charge in [0.15, 0.2) is 0 Å². The van der Waals surface area contributed by atoms with Gasteiger partial charge in [-0.15, -0.1) is 0 Å². The molecule has 0 aromatic heterocycles. The zero-order chi connectivity index (χ0) is 15.3. The summed E-state index contributed by atoms with van der Waals surface area (Å²) in [5, 5.41) is 0. The Kier molecular flexibility index (Phi) is 6.54. The van der Waals surface area contributed by atoms with Crippen LogP contribution in [-0.4, -0.2) is 12.6 Å². The summed E-state index contributed by atoms with van der Waals surface area (Å²) in [6.07, 6.45) is 2.16. The lowest BCUT2D eigenvalue weighted by Crippen LogP contribution is -2.16. The van der Waals surface area contributed by atoms with Crippen molar-refractivity contribution in [3.05, 3.63) is 28.8 Å². The van der Waals surface area contributed by atoms with E-state index in [2.05, 4.69) is 53.7 Å². The van der Waals surface area contributed by atoms with E-state index in [0.717, 1.165) is 25.2 Å². The Labute approximate surface area is 124 Å². The number of rotatable bonds is 7. The summed E-state index contributed by atoms with van der Waals surface area (Å²) in [5.41, 5.74) is 9.77. The molecule has 0 fully saturated rings. The Morgan fingerprint density at radius 3 is 2.25 bits per heavy atom. The van der Waals surface area contributed by atoms with Crippen molar-refractivity contribution in [2.75, 3.05) is 6.61 Å². The van der Waals surface area contributed by atoms with Gasteiger partial charge in [0, 0.05) is 6.04 Å². The molecule has 2 heteroatoms. The lowest BCUT2D eigenvalue weighted by atomic mass is 9.91. The van der Waals surface area contributed by atoms with E-state index in [1.165, 1.54) is 16.7 Å². The maximum atomic E-state index is 6.08. The highest BCUT2D eigenvalue weighted by molar-refractivity contribution is 5.45. The summed E-state index contributed by atoms with van der Waals surface area (Å²) in [6, 6.07) is 4.75. The zero-order valence-corrected chi connectivity index (χ0v) is 14.0. The predicted octanol–water partition coefficient (Wildman–Crippen LogP) is 4.57. The molecule has 2 unspecified atom stereocenters. The Morgan fingerprint density at radius 2 is 1.70 bits per heavy atom. The van der Waals surface area contributed by atoms with Gasteiger partial charge in [0.25, 0.3) is 0 Å². The fourth-order valence-corrected chi connectivity index (χ4v) is 2.47. The van der Waals surface area contributed by atoms with Gasteiger partial charge in [0.1, 0.15) is 5.75 Å². The molecule has 2 nitrogen and oxygen atoms in total. The second kappa shape index (κ2) is 7.68. The number of hydrogen-bond donors (Lipinski definition) is 1. The molecule has 0 aliphatic heterocycles. The lowest BCUT2D eigenvalue weighted by Gasteiger charge is -2.21. The van der Waals surface area contributed by atoms with E-state index in [-0.39, 0.29) is 6.04 Å². The largest absolute Gasteiger partial charge is 0.493 e. The van der Waals surface area contributed by atoms with Crippen LogP contribution in [0.3, 0.4) is 0 Å². The number of aryl methyl sites for hydroxylation is 2. The molecule has 0 radical (unpaired) electrons. The quantitative estimate of drug-likeness (QED) is 0.792. The molecule has 2 N–H and O–H groups in total. The molecule has 1 aromatic carbocycles. The third-order valence-corrected chi connectivity index (χ3v) is 3.59. The smallest absolute Gasteiger partial charge is 0.125 e. The van der Waals surface area contributed by atoms with E-state index < -0.39 is 0 Å². The predicted molar refractivity (Wildman–Crippen MR) is 87.5 cm³/mol. The zero-order valence-electron chi connectivity index (χ0n) is 14.0. The molecular formula is C18H31NO. The number of nitrogens with two attached hydrogens (primary N) is 1. The normalized spacial score (nSPS) is 14.4. The standard InChI is InChI=1S/C18H31NO/c1-12(2)11-20-18-15(5)9-13(3)10-17(18)14(4)7-8-16(6)19/h9-10,12,14,16H,7-8,11,19H2,1-6H3. The van der Waals surface area contributed by atoms with Crippen LogP contribution < -0.4 is 10.5 Å². The first kappa shape index (κ1) is 17.0. The minimum Gasteiger partial charge on any atom is -0.493 e. The van der Waals surface area contributed by atoms with Crippen molar-refractivity contribution in [2.45, 2.75) is 66.3 Å². The van der Waals surface area contributed by atoms with Gasteiger partial charge in [-0.05, 0) is 56.6 Å². The van der Waals surface area contributed by atoms with Gasteiger partial charge in [-0.3, -0.25) is 0 Å². The molecule has 0 amide bonds. The van der Waals surface area contributed by atoms with Gasteiger partial charge >= 0.3 is 0 Å². The molecule has 0 heterocycles. The van der Waals surface area contributed by atoms with E-state index in [1.54, 1.807) is 0 Å². The lowest BCUT2D eigenvalue weighted by molar-refractivity contribution is 0.265. The first-order valence-electron chi connectivity index (χ1n) is 7.80. The van der Waals surface area contributed by atoms with Crippen LogP contribution in [0, 0.1) is 19.8 Å². The topological polar surface area (TPSA) is 35.2 Å². The second-order valence-corrected chi connectivity index (χ2v) is 6.66. The van der Waals surface area contributed by atoms with Crippen LogP contribution in [0.25, 0.3) is 0 Å². The molecule has 0 aliphatic carbocycles. The van der Waals surface area contributed by atoms with E-state index in [0.29, 0.717) is 11.8 Å². The Hall–Kier alpha value is -1.02. The van der Waals surface area contributed by atoms with Crippen LogP contribution in [-0.2, 0) is 0 Å². The Morgan fingerprint density at radius 1 is 1.05 bits per heavy atom. The SMILES string of the molecule is Cc1cc(C)c(OCC(C)C)c(C(C)CCC(C)N)c1. The Balaban J connectivity index is 2.96. The molecule has 20 heavy (non-hydrogen) atoms. The van der Waals surface area contributed by atoms with Gasteiger partial charge < -0.3 is 10.5 Å². The molecule has 1 aromatic rings. The Bertz CT molecular complexity index is 424. The molecule has 0 aliphatic rings. The summed E-state index contributed by atoms with van der Waals surface area (Å²) in [5.74, 6) is 2.12. The van der Waals surface area contributed by atoms with Gasteiger partial charge in [-0.2, -0.15) is 0 Å². The third kappa shape index (κ3) is 5.16. The van der Waals surface area contributed by atoms with Crippen LogP contribution in [0.1, 0.15) is 63.1 Å². The van der Waals surface area contributed by atoms with Crippen LogP contribution >= 0.6 is 0 Å². The molecular weight excluding hydrogens is 246 g/mol. The monoisotopic (exact) mass is 277 g/mol. The minimum absolute atomic E-state index is 0.267. The average molecular weight is 277 g/mol. The van der Waals surface area contributed by atoms with Gasteiger partial charge in [-0.25, -0.2) is 0 Å². The highest BCUT2D eigenvalue weighted by Gasteiger charge is 2.16. The van der Waals surface area contributed by atoms with Crippen molar-refractivity contribution >= 4 is 0 Å².